The van der Waals surface area contributed by atoms with Crippen LogP contribution in [0.25, 0.3) is 0 Å². The van der Waals surface area contributed by atoms with Crippen LogP contribution in [0.15, 0.2) is 24.3 Å². The molecule has 3 N–H and O–H groups in total. The molecule has 1 aromatic rings. The lowest BCUT2D eigenvalue weighted by Gasteiger charge is -2.23. The number of benzene rings is 1. The summed E-state index contributed by atoms with van der Waals surface area (Å²) < 4.78 is 0. The maximum absolute atomic E-state index is 11.7. The SMILES string of the molecule is CC(C)(CCNC(=O)Nc1ccccc1Cl)CCC(=O)O. The van der Waals surface area contributed by atoms with Crippen LogP contribution in [0.5, 0.6) is 0 Å². The minimum atomic E-state index is -0.799. The van der Waals surface area contributed by atoms with Gasteiger partial charge >= 0.3 is 12.0 Å². The van der Waals surface area contributed by atoms with E-state index in [0.29, 0.717) is 30.1 Å². The predicted molar refractivity (Wildman–Crippen MR) is 83.7 cm³/mol. The van der Waals surface area contributed by atoms with E-state index in [1.165, 1.54) is 0 Å². The number of carbonyl (C=O) groups excluding carboxylic acids is 1. The number of carbonyl (C=O) groups is 2. The van der Waals surface area contributed by atoms with E-state index in [0.717, 1.165) is 0 Å². The van der Waals surface area contributed by atoms with Gasteiger partial charge in [-0.05, 0) is 30.4 Å². The molecule has 0 fully saturated rings. The first-order valence-corrected chi connectivity index (χ1v) is 7.19. The topological polar surface area (TPSA) is 78.4 Å². The van der Waals surface area contributed by atoms with E-state index in [-0.39, 0.29) is 17.9 Å². The second kappa shape index (κ2) is 7.88. The molecule has 21 heavy (non-hydrogen) atoms. The lowest BCUT2D eigenvalue weighted by atomic mass is 9.84. The fourth-order valence-corrected chi connectivity index (χ4v) is 2.00. The van der Waals surface area contributed by atoms with Gasteiger partial charge in [-0.3, -0.25) is 4.79 Å². The molecule has 0 bridgehead atoms. The van der Waals surface area contributed by atoms with Crippen LogP contribution in [0.3, 0.4) is 0 Å². The second-order valence-corrected chi connectivity index (χ2v) is 6.08. The minimum Gasteiger partial charge on any atom is -0.481 e. The molecule has 116 valence electrons. The number of hydrogen-bond acceptors (Lipinski definition) is 2. The zero-order valence-electron chi connectivity index (χ0n) is 12.3. The second-order valence-electron chi connectivity index (χ2n) is 5.67. The third-order valence-corrected chi connectivity index (χ3v) is 3.55. The number of aliphatic carboxylic acids is 1. The average Bonchev–Trinajstić information content (AvgIpc) is 2.39. The molecule has 2 amide bonds. The van der Waals surface area contributed by atoms with Crippen LogP contribution < -0.4 is 10.6 Å². The van der Waals surface area contributed by atoms with Gasteiger partial charge in [-0.2, -0.15) is 0 Å². The molecule has 0 aliphatic carbocycles. The van der Waals surface area contributed by atoms with Gasteiger partial charge in [-0.25, -0.2) is 4.79 Å². The van der Waals surface area contributed by atoms with Gasteiger partial charge < -0.3 is 15.7 Å². The van der Waals surface area contributed by atoms with Crippen LogP contribution in [0.2, 0.25) is 5.02 Å². The smallest absolute Gasteiger partial charge is 0.319 e. The summed E-state index contributed by atoms with van der Waals surface area (Å²) in [4.78, 5) is 22.3. The van der Waals surface area contributed by atoms with Gasteiger partial charge in [0.05, 0.1) is 10.7 Å². The average molecular weight is 313 g/mol. The van der Waals surface area contributed by atoms with Gasteiger partial charge in [-0.1, -0.05) is 37.6 Å². The lowest BCUT2D eigenvalue weighted by molar-refractivity contribution is -0.137. The summed E-state index contributed by atoms with van der Waals surface area (Å²) in [5.41, 5.74) is 0.428. The summed E-state index contributed by atoms with van der Waals surface area (Å²) in [6.45, 7) is 4.45. The Morgan fingerprint density at radius 1 is 1.24 bits per heavy atom. The Morgan fingerprint density at radius 3 is 2.52 bits per heavy atom. The Labute approximate surface area is 129 Å². The summed E-state index contributed by atoms with van der Waals surface area (Å²) in [7, 11) is 0. The van der Waals surface area contributed by atoms with Crippen LogP contribution in [0.4, 0.5) is 10.5 Å². The van der Waals surface area contributed by atoms with E-state index in [1.54, 1.807) is 24.3 Å². The molecule has 0 saturated heterocycles. The summed E-state index contributed by atoms with van der Waals surface area (Å²) in [5.74, 6) is -0.799. The summed E-state index contributed by atoms with van der Waals surface area (Å²) >= 11 is 5.95. The van der Waals surface area contributed by atoms with E-state index in [1.807, 2.05) is 13.8 Å². The van der Waals surface area contributed by atoms with Crippen LogP contribution in [0, 0.1) is 5.41 Å². The van der Waals surface area contributed by atoms with Gasteiger partial charge in [0.2, 0.25) is 0 Å². The molecule has 1 rings (SSSR count). The van der Waals surface area contributed by atoms with Crippen LogP contribution >= 0.6 is 11.6 Å². The van der Waals surface area contributed by atoms with E-state index >= 15 is 0 Å². The quantitative estimate of drug-likeness (QED) is 0.717. The molecule has 0 unspecified atom stereocenters. The van der Waals surface area contributed by atoms with Crippen LogP contribution in [0.1, 0.15) is 33.1 Å². The van der Waals surface area contributed by atoms with Gasteiger partial charge in [0.15, 0.2) is 0 Å². The maximum atomic E-state index is 11.7. The van der Waals surface area contributed by atoms with E-state index in [4.69, 9.17) is 16.7 Å². The van der Waals surface area contributed by atoms with Crippen LogP contribution in [-0.2, 0) is 4.79 Å². The molecular weight excluding hydrogens is 292 g/mol. The normalized spacial score (nSPS) is 11.0. The number of carboxylic acid groups (broad SMARTS) is 1. The molecular formula is C15H21ClN2O3. The summed E-state index contributed by atoms with van der Waals surface area (Å²) in [6, 6.07) is 6.68. The van der Waals surface area contributed by atoms with Crippen molar-refractivity contribution in [3.63, 3.8) is 0 Å². The zero-order chi connectivity index (χ0) is 15.9. The van der Waals surface area contributed by atoms with E-state index < -0.39 is 5.97 Å². The molecule has 0 saturated carbocycles. The summed E-state index contributed by atoms with van der Waals surface area (Å²) in [5, 5.41) is 14.6. The fourth-order valence-electron chi connectivity index (χ4n) is 1.81. The first-order valence-electron chi connectivity index (χ1n) is 6.81. The van der Waals surface area contributed by atoms with Crippen molar-refractivity contribution in [2.24, 2.45) is 5.41 Å². The molecule has 0 aliphatic rings. The number of amides is 2. The van der Waals surface area contributed by atoms with Crippen molar-refractivity contribution in [3.8, 4) is 0 Å². The van der Waals surface area contributed by atoms with Crippen molar-refractivity contribution >= 4 is 29.3 Å². The van der Waals surface area contributed by atoms with E-state index in [9.17, 15) is 9.59 Å². The third-order valence-electron chi connectivity index (χ3n) is 3.23. The van der Waals surface area contributed by atoms with Crippen molar-refractivity contribution in [3.05, 3.63) is 29.3 Å². The maximum Gasteiger partial charge on any atom is 0.319 e. The Bertz CT molecular complexity index is 503. The largest absolute Gasteiger partial charge is 0.481 e. The Morgan fingerprint density at radius 2 is 1.90 bits per heavy atom. The van der Waals surface area contributed by atoms with Crippen molar-refractivity contribution in [1.82, 2.24) is 5.32 Å². The lowest BCUT2D eigenvalue weighted by Crippen LogP contribution is -2.32. The number of para-hydroxylation sites is 1. The van der Waals surface area contributed by atoms with Gasteiger partial charge in [0.1, 0.15) is 0 Å². The molecule has 0 spiro atoms. The third kappa shape index (κ3) is 6.99. The minimum absolute atomic E-state index is 0.129. The molecule has 0 aromatic heterocycles. The Kier molecular flexibility index (Phi) is 6.49. The van der Waals surface area contributed by atoms with Crippen molar-refractivity contribution in [1.29, 1.82) is 0 Å². The summed E-state index contributed by atoms with van der Waals surface area (Å²) in [6.07, 6.45) is 1.42. The molecule has 6 heteroatoms. The number of halogens is 1. The molecule has 0 heterocycles. The first-order chi connectivity index (χ1) is 9.80. The Hall–Kier alpha value is -1.75. The molecule has 1 aromatic carbocycles. The number of nitrogens with one attached hydrogen (secondary N) is 2. The zero-order valence-corrected chi connectivity index (χ0v) is 13.0. The standard InChI is InChI=1S/C15H21ClN2O3/c1-15(2,8-7-13(19)20)9-10-17-14(21)18-12-6-4-3-5-11(12)16/h3-6H,7-10H2,1-2H3,(H,19,20)(H2,17,18,21). The van der Waals surface area contributed by atoms with E-state index in [2.05, 4.69) is 10.6 Å². The molecule has 0 aliphatic heterocycles. The number of rotatable bonds is 7. The Balaban J connectivity index is 2.33. The number of hydrogen-bond donors (Lipinski definition) is 3. The van der Waals surface area contributed by atoms with Crippen molar-refractivity contribution < 1.29 is 14.7 Å². The van der Waals surface area contributed by atoms with Gasteiger partial charge in [-0.15, -0.1) is 0 Å². The van der Waals surface area contributed by atoms with Crippen molar-refractivity contribution in [2.75, 3.05) is 11.9 Å². The van der Waals surface area contributed by atoms with Crippen molar-refractivity contribution in [2.45, 2.75) is 33.1 Å². The molecule has 0 atom stereocenters. The monoisotopic (exact) mass is 312 g/mol. The number of anilines is 1. The van der Waals surface area contributed by atoms with Gasteiger partial charge in [0.25, 0.3) is 0 Å². The van der Waals surface area contributed by atoms with Gasteiger partial charge in [0, 0.05) is 13.0 Å². The van der Waals surface area contributed by atoms with Crippen LogP contribution in [-0.4, -0.2) is 23.7 Å². The highest BCUT2D eigenvalue weighted by atomic mass is 35.5. The molecule has 0 radical (unpaired) electrons. The predicted octanol–water partition coefficient (Wildman–Crippen LogP) is 3.74. The highest BCUT2D eigenvalue weighted by molar-refractivity contribution is 6.33. The molecule has 5 nitrogen and oxygen atoms in total. The fraction of sp³-hybridized carbons (Fsp3) is 0.467. The number of urea groups is 1. The highest BCUT2D eigenvalue weighted by Gasteiger charge is 2.19. The first kappa shape index (κ1) is 17.3. The number of carboxylic acids is 1. The highest BCUT2D eigenvalue weighted by Crippen LogP contribution is 2.26.